The van der Waals surface area contributed by atoms with Crippen molar-refractivity contribution in [2.24, 2.45) is 0 Å². The van der Waals surface area contributed by atoms with Gasteiger partial charge in [0, 0.05) is 16.4 Å². The molecule has 0 saturated carbocycles. The van der Waals surface area contributed by atoms with E-state index in [-0.39, 0.29) is 22.1 Å². The van der Waals surface area contributed by atoms with Gasteiger partial charge in [0.1, 0.15) is 5.69 Å². The molecule has 0 radical (unpaired) electrons. The fraction of sp³-hybridized carbons (Fsp3) is 0.500. The Labute approximate surface area is 107 Å². The molecule has 1 aromatic rings. The summed E-state index contributed by atoms with van der Waals surface area (Å²) in [6.07, 6.45) is 1.19. The lowest BCUT2D eigenvalue weighted by atomic mass is 10.0. The number of carbonyl (C=O) groups is 1. The second-order valence-electron chi connectivity index (χ2n) is 4.32. The Hall–Kier alpha value is -1.37. The number of halogens is 1. The van der Waals surface area contributed by atoms with Gasteiger partial charge in [-0.1, -0.05) is 22.9 Å². The van der Waals surface area contributed by atoms with Gasteiger partial charge in [-0.3, -0.25) is 14.9 Å². The third-order valence-corrected chi connectivity index (χ3v) is 3.70. The molecule has 0 aliphatic carbocycles. The first kappa shape index (κ1) is 13.7. The summed E-state index contributed by atoms with van der Waals surface area (Å²) in [5, 5.41) is 13.3. The van der Waals surface area contributed by atoms with Crippen LogP contribution in [-0.2, 0) is 0 Å². The normalized spacial score (nSPS) is 13.2. The zero-order valence-corrected chi connectivity index (χ0v) is 11.4. The lowest BCUT2D eigenvalue weighted by Crippen LogP contribution is -2.48. The van der Waals surface area contributed by atoms with Crippen molar-refractivity contribution in [2.75, 3.05) is 0 Å². The molecular formula is C10H14BrN3O3. The van der Waals surface area contributed by atoms with Crippen molar-refractivity contribution in [3.8, 4) is 0 Å². The van der Waals surface area contributed by atoms with Crippen LogP contribution in [0.4, 0.5) is 5.69 Å². The third kappa shape index (κ3) is 3.29. The molecule has 0 spiro atoms. The van der Waals surface area contributed by atoms with Crippen LogP contribution < -0.4 is 5.32 Å². The van der Waals surface area contributed by atoms with Crippen LogP contribution in [0.2, 0.25) is 0 Å². The second-order valence-corrected chi connectivity index (χ2v) is 5.69. The van der Waals surface area contributed by atoms with Gasteiger partial charge in [0.2, 0.25) is 0 Å². The lowest BCUT2D eigenvalue weighted by Gasteiger charge is -2.28. The van der Waals surface area contributed by atoms with Crippen LogP contribution in [0, 0.1) is 10.1 Å². The molecule has 0 aromatic carbocycles. The minimum absolute atomic E-state index is 0.0731. The largest absolute Gasteiger partial charge is 0.351 e. The van der Waals surface area contributed by atoms with Crippen molar-refractivity contribution in [2.45, 2.75) is 31.1 Å². The fourth-order valence-corrected chi connectivity index (χ4v) is 1.19. The quantitative estimate of drug-likeness (QED) is 0.508. The van der Waals surface area contributed by atoms with E-state index in [1.807, 2.05) is 20.8 Å². The maximum absolute atomic E-state index is 11.8. The number of rotatable bonds is 4. The molecule has 1 heterocycles. The molecule has 1 amide bonds. The number of aromatic amines is 1. The van der Waals surface area contributed by atoms with Gasteiger partial charge in [-0.2, -0.15) is 0 Å². The molecule has 1 unspecified atom stereocenters. The first-order valence-electron chi connectivity index (χ1n) is 5.03. The topological polar surface area (TPSA) is 88.0 Å². The standard InChI is InChI=1S/C10H14BrN3O3/c1-6(11)10(2,3)13-9(15)8-4-7(5-12-8)14(16)17/h4-6,12H,1-3H3,(H,13,15). The Balaban J connectivity index is 2.80. The molecule has 0 fully saturated rings. The Morgan fingerprint density at radius 1 is 1.65 bits per heavy atom. The van der Waals surface area contributed by atoms with E-state index in [2.05, 4.69) is 26.2 Å². The highest BCUT2D eigenvalue weighted by molar-refractivity contribution is 9.09. The highest BCUT2D eigenvalue weighted by atomic mass is 79.9. The number of hydrogen-bond acceptors (Lipinski definition) is 3. The van der Waals surface area contributed by atoms with Gasteiger partial charge in [-0.05, 0) is 13.8 Å². The molecule has 0 saturated heterocycles. The monoisotopic (exact) mass is 303 g/mol. The van der Waals surface area contributed by atoms with Crippen LogP contribution in [0.5, 0.6) is 0 Å². The van der Waals surface area contributed by atoms with Crippen LogP contribution in [-0.4, -0.2) is 26.2 Å². The Bertz CT molecular complexity index is 440. The van der Waals surface area contributed by atoms with Gasteiger partial charge in [0.25, 0.3) is 11.6 Å². The Kier molecular flexibility index (Phi) is 3.92. The number of nitrogens with one attached hydrogen (secondary N) is 2. The SMILES string of the molecule is CC(Br)C(C)(C)NC(=O)c1cc([N+](=O)[O-])c[nH]1. The molecule has 17 heavy (non-hydrogen) atoms. The van der Waals surface area contributed by atoms with Crippen molar-refractivity contribution in [3.63, 3.8) is 0 Å². The van der Waals surface area contributed by atoms with Gasteiger partial charge < -0.3 is 10.3 Å². The van der Waals surface area contributed by atoms with Crippen LogP contribution in [0.25, 0.3) is 0 Å². The van der Waals surface area contributed by atoms with Gasteiger partial charge in [-0.25, -0.2) is 0 Å². The van der Waals surface area contributed by atoms with Gasteiger partial charge in [0.15, 0.2) is 0 Å². The minimum Gasteiger partial charge on any atom is -0.351 e. The number of hydrogen-bond donors (Lipinski definition) is 2. The zero-order chi connectivity index (χ0) is 13.2. The van der Waals surface area contributed by atoms with E-state index in [9.17, 15) is 14.9 Å². The summed E-state index contributed by atoms with van der Waals surface area (Å²) < 4.78 is 0. The number of nitro groups is 1. The molecule has 6 nitrogen and oxygen atoms in total. The molecule has 1 rings (SSSR count). The van der Waals surface area contributed by atoms with Crippen molar-refractivity contribution < 1.29 is 9.72 Å². The van der Waals surface area contributed by atoms with E-state index in [1.54, 1.807) is 0 Å². The van der Waals surface area contributed by atoms with E-state index in [1.165, 1.54) is 12.3 Å². The van der Waals surface area contributed by atoms with Crippen molar-refractivity contribution in [3.05, 3.63) is 28.1 Å². The summed E-state index contributed by atoms with van der Waals surface area (Å²) in [5.41, 5.74) is -0.394. The van der Waals surface area contributed by atoms with Gasteiger partial charge >= 0.3 is 0 Å². The highest BCUT2D eigenvalue weighted by Gasteiger charge is 2.27. The third-order valence-electron chi connectivity index (χ3n) is 2.55. The number of carbonyl (C=O) groups excluding carboxylic acids is 1. The van der Waals surface area contributed by atoms with Crippen LogP contribution >= 0.6 is 15.9 Å². The molecular weight excluding hydrogens is 290 g/mol. The second kappa shape index (κ2) is 4.87. The maximum Gasteiger partial charge on any atom is 0.287 e. The summed E-state index contributed by atoms with van der Waals surface area (Å²) in [5.74, 6) is -0.366. The molecule has 1 atom stereocenters. The average Bonchev–Trinajstić information content (AvgIpc) is 2.65. The van der Waals surface area contributed by atoms with E-state index in [0.717, 1.165) is 0 Å². The Morgan fingerprint density at radius 3 is 2.65 bits per heavy atom. The highest BCUT2D eigenvalue weighted by Crippen LogP contribution is 2.18. The van der Waals surface area contributed by atoms with Crippen LogP contribution in [0.15, 0.2) is 12.3 Å². The molecule has 94 valence electrons. The fourth-order valence-electron chi connectivity index (χ4n) is 1.08. The number of amides is 1. The summed E-state index contributed by atoms with van der Waals surface area (Å²) in [7, 11) is 0. The predicted molar refractivity (Wildman–Crippen MR) is 67.4 cm³/mol. The maximum atomic E-state index is 11.8. The van der Waals surface area contributed by atoms with E-state index in [0.29, 0.717) is 0 Å². The summed E-state index contributed by atoms with van der Waals surface area (Å²) in [6, 6.07) is 1.21. The van der Waals surface area contributed by atoms with E-state index < -0.39 is 10.5 Å². The number of alkyl halides is 1. The summed E-state index contributed by atoms with van der Waals surface area (Å²) >= 11 is 3.39. The van der Waals surface area contributed by atoms with E-state index >= 15 is 0 Å². The summed E-state index contributed by atoms with van der Waals surface area (Å²) in [6.45, 7) is 5.64. The van der Waals surface area contributed by atoms with Crippen LogP contribution in [0.3, 0.4) is 0 Å². The smallest absolute Gasteiger partial charge is 0.287 e. The van der Waals surface area contributed by atoms with Crippen LogP contribution in [0.1, 0.15) is 31.3 Å². The first-order valence-corrected chi connectivity index (χ1v) is 5.95. The summed E-state index contributed by atoms with van der Waals surface area (Å²) in [4.78, 5) is 24.4. The first-order chi connectivity index (χ1) is 7.74. The molecule has 0 bridgehead atoms. The molecule has 1 aromatic heterocycles. The number of H-pyrrole nitrogens is 1. The molecule has 0 aliphatic rings. The van der Waals surface area contributed by atoms with Crippen molar-refractivity contribution >= 4 is 27.5 Å². The van der Waals surface area contributed by atoms with Crippen molar-refractivity contribution in [1.82, 2.24) is 10.3 Å². The van der Waals surface area contributed by atoms with Gasteiger partial charge in [-0.15, -0.1) is 0 Å². The number of nitrogens with zero attached hydrogens (tertiary/aromatic N) is 1. The average molecular weight is 304 g/mol. The predicted octanol–water partition coefficient (Wildman–Crippen LogP) is 2.21. The molecule has 0 aliphatic heterocycles. The Morgan fingerprint density at radius 2 is 2.24 bits per heavy atom. The molecule has 7 heteroatoms. The van der Waals surface area contributed by atoms with Crippen molar-refractivity contribution in [1.29, 1.82) is 0 Å². The van der Waals surface area contributed by atoms with E-state index in [4.69, 9.17) is 0 Å². The lowest BCUT2D eigenvalue weighted by molar-refractivity contribution is -0.384. The molecule has 2 N–H and O–H groups in total. The number of aromatic nitrogens is 1. The van der Waals surface area contributed by atoms with Gasteiger partial charge in [0.05, 0.1) is 11.1 Å². The zero-order valence-electron chi connectivity index (χ0n) is 9.78. The minimum atomic E-state index is -0.550.